The third-order valence-corrected chi connectivity index (χ3v) is 3.47. The van der Waals surface area contributed by atoms with E-state index in [4.69, 9.17) is 0 Å². The van der Waals surface area contributed by atoms with Gasteiger partial charge in [0.05, 0.1) is 17.2 Å². The highest BCUT2D eigenvalue weighted by Crippen LogP contribution is 2.05. The van der Waals surface area contributed by atoms with Crippen LogP contribution in [0, 0.1) is 0 Å². The third kappa shape index (κ3) is 5.28. The zero-order valence-corrected chi connectivity index (χ0v) is 13.1. The summed E-state index contributed by atoms with van der Waals surface area (Å²) in [6, 6.07) is 11.7. The molecular weight excluding hydrogens is 274 g/mol. The average molecular weight is 297 g/mol. The quantitative estimate of drug-likeness (QED) is 0.732. The van der Waals surface area contributed by atoms with Gasteiger partial charge < -0.3 is 0 Å². The van der Waals surface area contributed by atoms with Gasteiger partial charge in [-0.05, 0) is 24.6 Å². The van der Waals surface area contributed by atoms with Gasteiger partial charge in [0, 0.05) is 12.6 Å². The topological polar surface area (TPSA) is 47.2 Å². The Morgan fingerprint density at radius 2 is 1.86 bits per heavy atom. The first kappa shape index (κ1) is 16.1. The molecule has 0 aliphatic heterocycles. The first-order valence-corrected chi connectivity index (χ1v) is 7.97. The minimum atomic E-state index is -0.0595. The number of amides is 1. The molecule has 2 rings (SSSR count). The van der Waals surface area contributed by atoms with Gasteiger partial charge in [0.2, 0.25) is 5.91 Å². The van der Waals surface area contributed by atoms with Crippen molar-refractivity contribution in [1.29, 1.82) is 0 Å². The van der Waals surface area contributed by atoms with Gasteiger partial charge in [0.25, 0.3) is 0 Å². The van der Waals surface area contributed by atoms with Gasteiger partial charge >= 0.3 is 0 Å². The first-order chi connectivity index (χ1) is 10.8. The normalized spacial score (nSPS) is 11.6. The highest BCUT2D eigenvalue weighted by Gasteiger charge is 1.99. The zero-order chi connectivity index (χ0) is 15.6. The van der Waals surface area contributed by atoms with Gasteiger partial charge in [-0.15, -0.1) is 0 Å². The van der Waals surface area contributed by atoms with Gasteiger partial charge in [0.15, 0.2) is 0 Å². The molecule has 0 saturated heterocycles. The number of carbonyl (C=O) groups is 1. The predicted molar refractivity (Wildman–Crippen MR) is 87.5 cm³/mol. The number of carbonyl (C=O) groups excluding carboxylic acids is 1. The fourth-order valence-electron chi connectivity index (χ4n) is 2.23. The molecule has 0 aliphatic rings. The van der Waals surface area contributed by atoms with E-state index in [2.05, 4.69) is 17.0 Å². The van der Waals surface area contributed by atoms with E-state index in [1.807, 2.05) is 42.6 Å². The number of aromatic nitrogens is 2. The van der Waals surface area contributed by atoms with Crippen molar-refractivity contribution in [2.45, 2.75) is 45.4 Å². The van der Waals surface area contributed by atoms with Crippen LogP contribution in [0.2, 0.25) is 0 Å². The van der Waals surface area contributed by atoms with Crippen LogP contribution in [0.1, 0.15) is 45.4 Å². The van der Waals surface area contributed by atoms with Gasteiger partial charge in [-0.2, -0.15) is 5.10 Å². The fraction of sp³-hybridized carbons (Fsp3) is 0.389. The number of para-hydroxylation sites is 1. The summed E-state index contributed by atoms with van der Waals surface area (Å²) < 4.78 is 1.76. The molecule has 1 amide bonds. The largest absolute Gasteiger partial charge is 0.273 e. The summed E-state index contributed by atoms with van der Waals surface area (Å²) in [5, 5.41) is 4.91. The van der Waals surface area contributed by atoms with Crippen molar-refractivity contribution in [3.8, 4) is 5.69 Å². The summed E-state index contributed by atoms with van der Waals surface area (Å²) in [6.07, 6.45) is 9.67. The van der Waals surface area contributed by atoms with E-state index in [1.54, 1.807) is 10.9 Å². The van der Waals surface area contributed by atoms with E-state index in [0.29, 0.717) is 11.8 Å². The van der Waals surface area contributed by atoms with Crippen LogP contribution in [-0.2, 0) is 4.79 Å². The second-order valence-corrected chi connectivity index (χ2v) is 5.34. The van der Waals surface area contributed by atoms with Gasteiger partial charge in [-0.25, -0.2) is 9.67 Å². The highest BCUT2D eigenvalue weighted by atomic mass is 16.1. The summed E-state index contributed by atoms with van der Waals surface area (Å²) in [7, 11) is 0. The van der Waals surface area contributed by atoms with Crippen molar-refractivity contribution in [2.24, 2.45) is 4.99 Å². The van der Waals surface area contributed by atoms with E-state index in [-0.39, 0.29) is 5.91 Å². The molecule has 0 atom stereocenters. The van der Waals surface area contributed by atoms with E-state index in [0.717, 1.165) is 18.5 Å². The average Bonchev–Trinajstić information content (AvgIpc) is 2.56. The lowest BCUT2D eigenvalue weighted by atomic mass is 10.1. The Hall–Kier alpha value is -2.23. The van der Waals surface area contributed by atoms with Crippen LogP contribution in [0.5, 0.6) is 0 Å². The Kier molecular flexibility index (Phi) is 6.55. The van der Waals surface area contributed by atoms with E-state index in [9.17, 15) is 4.79 Å². The minimum absolute atomic E-state index is 0.0595. The molecule has 4 nitrogen and oxygen atoms in total. The molecule has 1 heterocycles. The van der Waals surface area contributed by atoms with Crippen LogP contribution < -0.4 is 5.36 Å². The number of benzene rings is 1. The number of rotatable bonds is 7. The number of hydrogen-bond donors (Lipinski definition) is 0. The van der Waals surface area contributed by atoms with Crippen molar-refractivity contribution in [2.75, 3.05) is 0 Å². The Labute approximate surface area is 131 Å². The molecular formula is C18H23N3O. The maximum atomic E-state index is 11.8. The molecule has 0 fully saturated rings. The maximum absolute atomic E-state index is 11.8. The van der Waals surface area contributed by atoms with Crippen molar-refractivity contribution in [3.05, 3.63) is 54.1 Å². The molecule has 0 aliphatic carbocycles. The molecule has 0 saturated carbocycles. The molecule has 2 aromatic rings. The fourth-order valence-corrected chi connectivity index (χ4v) is 2.23. The third-order valence-electron chi connectivity index (χ3n) is 3.47. The van der Waals surface area contributed by atoms with Gasteiger partial charge in [-0.3, -0.25) is 4.79 Å². The van der Waals surface area contributed by atoms with Crippen molar-refractivity contribution in [1.82, 2.24) is 9.78 Å². The van der Waals surface area contributed by atoms with Gasteiger partial charge in [0.1, 0.15) is 0 Å². The SMILES string of the molecule is CCCCCCCC(=O)N=c1ccn(-c2ccccc2)nc1. The summed E-state index contributed by atoms with van der Waals surface area (Å²) in [4.78, 5) is 15.9. The van der Waals surface area contributed by atoms with Crippen molar-refractivity contribution < 1.29 is 4.79 Å². The molecule has 116 valence electrons. The Bertz CT molecular complexity index is 626. The molecule has 1 aromatic carbocycles. The molecule has 4 heteroatoms. The first-order valence-electron chi connectivity index (χ1n) is 7.97. The molecule has 0 bridgehead atoms. The standard InChI is InChI=1S/C18H23N3O/c1-2-3-4-5-9-12-18(22)20-16-13-14-21(19-15-16)17-10-7-6-8-11-17/h6-8,10-11,13-15H,2-5,9,12H2,1H3. The number of nitrogens with zero attached hydrogens (tertiary/aromatic N) is 3. The zero-order valence-electron chi connectivity index (χ0n) is 13.1. The predicted octanol–water partition coefficient (Wildman–Crippen LogP) is 3.66. The highest BCUT2D eigenvalue weighted by molar-refractivity contribution is 5.76. The Morgan fingerprint density at radius 1 is 1.09 bits per heavy atom. The van der Waals surface area contributed by atoms with Crippen LogP contribution in [-0.4, -0.2) is 15.7 Å². The molecule has 22 heavy (non-hydrogen) atoms. The molecule has 0 unspecified atom stereocenters. The summed E-state index contributed by atoms with van der Waals surface area (Å²) >= 11 is 0. The lowest BCUT2D eigenvalue weighted by molar-refractivity contribution is -0.118. The van der Waals surface area contributed by atoms with E-state index >= 15 is 0 Å². The minimum Gasteiger partial charge on any atom is -0.273 e. The second kappa shape index (κ2) is 8.93. The lowest BCUT2D eigenvalue weighted by Gasteiger charge is -2.03. The number of hydrogen-bond acceptors (Lipinski definition) is 2. The van der Waals surface area contributed by atoms with E-state index in [1.165, 1.54) is 19.3 Å². The summed E-state index contributed by atoms with van der Waals surface area (Å²) in [5.74, 6) is -0.0595. The maximum Gasteiger partial charge on any atom is 0.246 e. The molecule has 0 radical (unpaired) electrons. The van der Waals surface area contributed by atoms with Crippen LogP contribution in [0.15, 0.2) is 53.8 Å². The van der Waals surface area contributed by atoms with Crippen molar-refractivity contribution in [3.63, 3.8) is 0 Å². The van der Waals surface area contributed by atoms with Crippen LogP contribution in [0.25, 0.3) is 5.69 Å². The lowest BCUT2D eigenvalue weighted by Crippen LogP contribution is -2.11. The molecule has 0 spiro atoms. The second-order valence-electron chi connectivity index (χ2n) is 5.34. The van der Waals surface area contributed by atoms with Crippen molar-refractivity contribution >= 4 is 5.91 Å². The number of unbranched alkanes of at least 4 members (excludes halogenated alkanes) is 4. The van der Waals surface area contributed by atoms with Crippen LogP contribution >= 0.6 is 0 Å². The summed E-state index contributed by atoms with van der Waals surface area (Å²) in [5.41, 5.74) is 0.983. The monoisotopic (exact) mass is 297 g/mol. The van der Waals surface area contributed by atoms with E-state index < -0.39 is 0 Å². The Balaban J connectivity index is 1.91. The molecule has 1 aromatic heterocycles. The van der Waals surface area contributed by atoms with Crippen LogP contribution in [0.3, 0.4) is 0 Å². The van der Waals surface area contributed by atoms with Gasteiger partial charge in [-0.1, -0.05) is 50.8 Å². The summed E-state index contributed by atoms with van der Waals surface area (Å²) in [6.45, 7) is 2.19. The molecule has 0 N–H and O–H groups in total. The smallest absolute Gasteiger partial charge is 0.246 e. The Morgan fingerprint density at radius 3 is 2.55 bits per heavy atom. The van der Waals surface area contributed by atoms with Crippen LogP contribution in [0.4, 0.5) is 0 Å².